The van der Waals surface area contributed by atoms with E-state index in [2.05, 4.69) is 5.32 Å². The van der Waals surface area contributed by atoms with Crippen molar-refractivity contribution in [3.8, 4) is 0 Å². The summed E-state index contributed by atoms with van der Waals surface area (Å²) in [4.78, 5) is 23.0. The van der Waals surface area contributed by atoms with E-state index in [0.29, 0.717) is 10.5 Å². The molecule has 1 amide bonds. The molecule has 0 bridgehead atoms. The Morgan fingerprint density at radius 3 is 2.54 bits per heavy atom. The zero-order valence-electron chi connectivity index (χ0n) is 12.9. The largest absolute Gasteiger partial charge is 0.319 e. The molecule has 0 fully saturated rings. The van der Waals surface area contributed by atoms with Gasteiger partial charge in [0.25, 0.3) is 5.69 Å². The number of hydrogen-bond donors (Lipinski definition) is 1. The van der Waals surface area contributed by atoms with Crippen molar-refractivity contribution in [2.24, 2.45) is 0 Å². The van der Waals surface area contributed by atoms with Crippen LogP contribution in [0.1, 0.15) is 11.1 Å². The Hall–Kier alpha value is -2.48. The summed E-state index contributed by atoms with van der Waals surface area (Å²) in [5, 5.41) is 13.6. The Bertz CT molecular complexity index is 812. The number of nitro groups is 1. The van der Waals surface area contributed by atoms with Gasteiger partial charge in [0.2, 0.25) is 5.91 Å². The van der Waals surface area contributed by atoms with Crippen molar-refractivity contribution in [3.05, 3.63) is 63.2 Å². The SMILES string of the molecule is Cc1ccc([N+](=O)[O-])c(NC(=O)CSc2ccc(F)c(F)c2)c1C. The summed E-state index contributed by atoms with van der Waals surface area (Å²) in [6, 6.07) is 6.27. The third-order valence-electron chi connectivity index (χ3n) is 3.44. The van der Waals surface area contributed by atoms with Crippen LogP contribution in [0.15, 0.2) is 35.2 Å². The highest BCUT2D eigenvalue weighted by molar-refractivity contribution is 8.00. The van der Waals surface area contributed by atoms with Gasteiger partial charge in [-0.15, -0.1) is 11.8 Å². The predicted molar refractivity (Wildman–Crippen MR) is 88.3 cm³/mol. The maximum atomic E-state index is 13.1. The number of carbonyl (C=O) groups excluding carboxylic acids is 1. The van der Waals surface area contributed by atoms with E-state index >= 15 is 0 Å². The number of nitrogens with one attached hydrogen (secondary N) is 1. The number of halogens is 2. The van der Waals surface area contributed by atoms with Crippen LogP contribution in [0, 0.1) is 35.6 Å². The van der Waals surface area contributed by atoms with Gasteiger partial charge >= 0.3 is 0 Å². The lowest BCUT2D eigenvalue weighted by Gasteiger charge is -2.11. The molecule has 5 nitrogen and oxygen atoms in total. The van der Waals surface area contributed by atoms with Crippen molar-refractivity contribution in [2.75, 3.05) is 11.1 Å². The third-order valence-corrected chi connectivity index (χ3v) is 4.43. The molecule has 8 heteroatoms. The van der Waals surface area contributed by atoms with Crippen LogP contribution < -0.4 is 5.32 Å². The Morgan fingerprint density at radius 2 is 1.92 bits per heavy atom. The molecule has 0 spiro atoms. The van der Waals surface area contributed by atoms with Crippen molar-refractivity contribution in [2.45, 2.75) is 18.7 Å². The van der Waals surface area contributed by atoms with E-state index in [1.54, 1.807) is 19.9 Å². The Morgan fingerprint density at radius 1 is 1.21 bits per heavy atom. The molecule has 0 saturated carbocycles. The summed E-state index contributed by atoms with van der Waals surface area (Å²) >= 11 is 1.01. The summed E-state index contributed by atoms with van der Waals surface area (Å²) in [7, 11) is 0. The number of carbonyl (C=O) groups is 1. The van der Waals surface area contributed by atoms with Gasteiger partial charge in [0, 0.05) is 11.0 Å². The fourth-order valence-corrected chi connectivity index (χ4v) is 2.72. The lowest BCUT2D eigenvalue weighted by Crippen LogP contribution is -2.16. The molecule has 0 heterocycles. The topological polar surface area (TPSA) is 72.2 Å². The molecule has 0 atom stereocenters. The maximum absolute atomic E-state index is 13.1. The van der Waals surface area contributed by atoms with Gasteiger partial charge in [0.1, 0.15) is 5.69 Å². The number of amides is 1. The molecule has 2 rings (SSSR count). The van der Waals surface area contributed by atoms with Gasteiger partial charge in [-0.25, -0.2) is 8.78 Å². The summed E-state index contributed by atoms with van der Waals surface area (Å²) in [5.74, 6) is -2.52. The normalized spacial score (nSPS) is 10.5. The predicted octanol–water partition coefficient (Wildman–Crippen LogP) is 4.22. The van der Waals surface area contributed by atoms with Gasteiger partial charge in [-0.3, -0.25) is 14.9 Å². The summed E-state index contributed by atoms with van der Waals surface area (Å²) in [6.45, 7) is 3.46. The molecule has 2 aromatic carbocycles. The van der Waals surface area contributed by atoms with E-state index in [4.69, 9.17) is 0 Å². The standard InChI is InChI=1S/C16H14F2N2O3S/c1-9-3-6-14(20(22)23)16(10(9)2)19-15(21)8-24-11-4-5-12(17)13(18)7-11/h3-7H,8H2,1-2H3,(H,19,21). The smallest absolute Gasteiger partial charge is 0.293 e. The molecule has 0 aliphatic heterocycles. The quantitative estimate of drug-likeness (QED) is 0.497. The second-order valence-electron chi connectivity index (χ2n) is 5.07. The van der Waals surface area contributed by atoms with Gasteiger partial charge in [-0.2, -0.15) is 0 Å². The van der Waals surface area contributed by atoms with E-state index in [9.17, 15) is 23.7 Å². The van der Waals surface area contributed by atoms with Crippen molar-refractivity contribution >= 4 is 29.0 Å². The molecule has 0 saturated heterocycles. The zero-order chi connectivity index (χ0) is 17.9. The van der Waals surface area contributed by atoms with Crippen LogP contribution in [0.25, 0.3) is 0 Å². The fraction of sp³-hybridized carbons (Fsp3) is 0.188. The minimum atomic E-state index is -0.995. The van der Waals surface area contributed by atoms with Crippen LogP contribution in [0.5, 0.6) is 0 Å². The molecule has 0 aliphatic carbocycles. The van der Waals surface area contributed by atoms with Crippen molar-refractivity contribution in [3.63, 3.8) is 0 Å². The van der Waals surface area contributed by atoms with Gasteiger partial charge in [-0.1, -0.05) is 6.07 Å². The molecule has 0 unspecified atom stereocenters. The van der Waals surface area contributed by atoms with Gasteiger partial charge in [0.05, 0.1) is 10.7 Å². The molecular formula is C16H14F2N2O3S. The zero-order valence-corrected chi connectivity index (χ0v) is 13.7. The number of thioether (sulfide) groups is 1. The fourth-order valence-electron chi connectivity index (χ4n) is 2.00. The number of hydrogen-bond acceptors (Lipinski definition) is 4. The molecule has 1 N–H and O–H groups in total. The van der Waals surface area contributed by atoms with Gasteiger partial charge < -0.3 is 5.32 Å². The van der Waals surface area contributed by atoms with Crippen LogP contribution in [0.4, 0.5) is 20.2 Å². The van der Waals surface area contributed by atoms with E-state index in [0.717, 1.165) is 29.5 Å². The first-order chi connectivity index (χ1) is 11.3. The molecular weight excluding hydrogens is 338 g/mol. The minimum absolute atomic E-state index is 0.0877. The lowest BCUT2D eigenvalue weighted by molar-refractivity contribution is -0.384. The number of nitro benzene ring substituents is 1. The highest BCUT2D eigenvalue weighted by Crippen LogP contribution is 2.30. The van der Waals surface area contributed by atoms with Crippen LogP contribution in [-0.4, -0.2) is 16.6 Å². The summed E-state index contributed by atoms with van der Waals surface area (Å²) in [6.07, 6.45) is 0. The highest BCUT2D eigenvalue weighted by atomic mass is 32.2. The monoisotopic (exact) mass is 352 g/mol. The molecule has 126 valence electrons. The third kappa shape index (κ3) is 4.08. The second-order valence-corrected chi connectivity index (χ2v) is 6.12. The minimum Gasteiger partial charge on any atom is -0.319 e. The Labute approximate surface area is 141 Å². The van der Waals surface area contributed by atoms with Crippen LogP contribution in [0.2, 0.25) is 0 Å². The number of rotatable bonds is 5. The van der Waals surface area contributed by atoms with E-state index in [1.165, 1.54) is 12.1 Å². The van der Waals surface area contributed by atoms with E-state index in [1.807, 2.05) is 0 Å². The van der Waals surface area contributed by atoms with E-state index < -0.39 is 22.5 Å². The van der Waals surface area contributed by atoms with Crippen molar-refractivity contribution in [1.29, 1.82) is 0 Å². The lowest BCUT2D eigenvalue weighted by atomic mass is 10.1. The number of aryl methyl sites for hydroxylation is 1. The summed E-state index contributed by atoms with van der Waals surface area (Å²) in [5.41, 5.74) is 1.37. The maximum Gasteiger partial charge on any atom is 0.293 e. The highest BCUT2D eigenvalue weighted by Gasteiger charge is 2.19. The number of nitrogens with zero attached hydrogens (tertiary/aromatic N) is 1. The van der Waals surface area contributed by atoms with Crippen LogP contribution >= 0.6 is 11.8 Å². The average molecular weight is 352 g/mol. The van der Waals surface area contributed by atoms with Crippen LogP contribution in [-0.2, 0) is 4.79 Å². The molecule has 2 aromatic rings. The molecule has 0 radical (unpaired) electrons. The number of benzene rings is 2. The van der Waals surface area contributed by atoms with Crippen LogP contribution in [0.3, 0.4) is 0 Å². The Balaban J connectivity index is 2.11. The van der Waals surface area contributed by atoms with Crippen molar-refractivity contribution in [1.82, 2.24) is 0 Å². The molecule has 0 aromatic heterocycles. The number of anilines is 1. The molecule has 0 aliphatic rings. The Kier molecular flexibility index (Phi) is 5.50. The summed E-state index contributed by atoms with van der Waals surface area (Å²) < 4.78 is 26.0. The first-order valence-corrected chi connectivity index (χ1v) is 7.90. The van der Waals surface area contributed by atoms with E-state index in [-0.39, 0.29) is 17.1 Å². The van der Waals surface area contributed by atoms with Crippen molar-refractivity contribution < 1.29 is 18.5 Å². The molecule has 24 heavy (non-hydrogen) atoms. The second kappa shape index (κ2) is 7.39. The van der Waals surface area contributed by atoms with Gasteiger partial charge in [-0.05, 0) is 43.2 Å². The first kappa shape index (κ1) is 17.9. The average Bonchev–Trinajstić information content (AvgIpc) is 2.53. The first-order valence-electron chi connectivity index (χ1n) is 6.92. The van der Waals surface area contributed by atoms with Gasteiger partial charge in [0.15, 0.2) is 11.6 Å².